The number of carbonyl (C=O) groups excluding carboxylic acids is 1. The van der Waals surface area contributed by atoms with Crippen molar-refractivity contribution in [3.8, 4) is 16.9 Å². The monoisotopic (exact) mass is 622 g/mol. The average Bonchev–Trinajstić information content (AvgIpc) is 3.23. The molecule has 3 aromatic rings. The maximum atomic E-state index is 11.4. The van der Waals surface area contributed by atoms with E-state index in [9.17, 15) is 4.79 Å². The van der Waals surface area contributed by atoms with E-state index in [0.717, 1.165) is 34.8 Å². The van der Waals surface area contributed by atoms with Crippen molar-refractivity contribution < 1.29 is 33.1 Å². The average molecular weight is 623 g/mol. The van der Waals surface area contributed by atoms with E-state index in [1.54, 1.807) is 6.20 Å². The largest absolute Gasteiger partial charge is 0.494 e. The molecule has 1 unspecified atom stereocenters. The van der Waals surface area contributed by atoms with Crippen LogP contribution in [0.3, 0.4) is 0 Å². The maximum Gasteiger partial charge on any atom is 0.494 e. The van der Waals surface area contributed by atoms with Crippen LogP contribution in [0.25, 0.3) is 22.0 Å². The van der Waals surface area contributed by atoms with Crippen molar-refractivity contribution in [2.24, 2.45) is 11.7 Å². The molecule has 2 heterocycles. The molecular formula is C33H47BN4O7. The molecule has 0 bridgehead atoms. The van der Waals surface area contributed by atoms with Gasteiger partial charge >= 0.3 is 7.12 Å². The second kappa shape index (κ2) is 15.8. The van der Waals surface area contributed by atoms with E-state index >= 15 is 0 Å². The van der Waals surface area contributed by atoms with Crippen LogP contribution in [0.4, 0.5) is 5.69 Å². The van der Waals surface area contributed by atoms with E-state index in [1.807, 2.05) is 71.0 Å². The van der Waals surface area contributed by atoms with E-state index < -0.39 is 18.3 Å². The number of aromatic nitrogens is 2. The number of benzene rings is 2. The molecule has 45 heavy (non-hydrogen) atoms. The first-order chi connectivity index (χ1) is 21.5. The van der Waals surface area contributed by atoms with Gasteiger partial charge in [0.1, 0.15) is 12.4 Å². The van der Waals surface area contributed by atoms with Crippen LogP contribution in [-0.2, 0) is 28.3 Å². The van der Waals surface area contributed by atoms with Crippen molar-refractivity contribution in [1.82, 2.24) is 10.2 Å². The third kappa shape index (κ3) is 9.14. The summed E-state index contributed by atoms with van der Waals surface area (Å²) in [6, 6.07) is 11.8. The highest BCUT2D eigenvalue weighted by Crippen LogP contribution is 2.38. The predicted octanol–water partition coefficient (Wildman–Crippen LogP) is 3.90. The Hall–Kier alpha value is -3.29. The normalized spacial score (nSPS) is 16.2. The Kier molecular flexibility index (Phi) is 12.2. The summed E-state index contributed by atoms with van der Waals surface area (Å²) in [6.45, 7) is 13.2. The number of hydrogen-bond acceptors (Lipinski definition) is 10. The van der Waals surface area contributed by atoms with Crippen LogP contribution in [0, 0.1) is 5.92 Å². The molecule has 1 saturated heterocycles. The second-order valence-corrected chi connectivity index (χ2v) is 12.2. The number of fused-ring (bicyclic) bond motifs is 1. The van der Waals surface area contributed by atoms with Gasteiger partial charge in [-0.3, -0.25) is 4.79 Å². The lowest BCUT2D eigenvalue weighted by atomic mass is 9.77. The fourth-order valence-electron chi connectivity index (χ4n) is 5.03. The lowest BCUT2D eigenvalue weighted by Crippen LogP contribution is -2.41. The van der Waals surface area contributed by atoms with E-state index in [4.69, 9.17) is 39.7 Å². The summed E-state index contributed by atoms with van der Waals surface area (Å²) in [5.74, 6) is 0.305. The van der Waals surface area contributed by atoms with Crippen molar-refractivity contribution in [3.05, 3.63) is 42.6 Å². The number of carbonyl (C=O) groups is 1. The first-order valence-corrected chi connectivity index (χ1v) is 15.7. The zero-order valence-electron chi connectivity index (χ0n) is 27.2. The summed E-state index contributed by atoms with van der Waals surface area (Å²) >= 11 is 0. The molecule has 0 aliphatic carbocycles. The lowest BCUT2D eigenvalue weighted by Gasteiger charge is -2.32. The van der Waals surface area contributed by atoms with Crippen LogP contribution in [0.2, 0.25) is 0 Å². The summed E-state index contributed by atoms with van der Waals surface area (Å²) in [7, 11) is -0.513. The summed E-state index contributed by atoms with van der Waals surface area (Å²) in [6.07, 6.45) is 3.90. The predicted molar refractivity (Wildman–Crippen MR) is 175 cm³/mol. The quantitative estimate of drug-likeness (QED) is 0.158. The van der Waals surface area contributed by atoms with Gasteiger partial charge in [-0.15, -0.1) is 0 Å². The molecule has 0 spiro atoms. The molecule has 12 heteroatoms. The number of nitrogens with zero attached hydrogens (tertiary/aromatic N) is 2. The smallest absolute Gasteiger partial charge is 0.491 e. The topological polar surface area (TPSA) is 150 Å². The van der Waals surface area contributed by atoms with Gasteiger partial charge in [0.25, 0.3) is 0 Å². The van der Waals surface area contributed by atoms with Crippen LogP contribution >= 0.6 is 0 Å². The molecule has 244 valence electrons. The Balaban J connectivity index is 1.29. The Morgan fingerprint density at radius 3 is 2.18 bits per heavy atom. The van der Waals surface area contributed by atoms with Gasteiger partial charge < -0.3 is 39.7 Å². The van der Waals surface area contributed by atoms with E-state index in [0.29, 0.717) is 69.6 Å². The molecule has 11 nitrogen and oxygen atoms in total. The van der Waals surface area contributed by atoms with Crippen molar-refractivity contribution in [2.75, 3.05) is 52.0 Å². The van der Waals surface area contributed by atoms with Crippen LogP contribution in [0.5, 0.6) is 5.75 Å². The van der Waals surface area contributed by atoms with Crippen molar-refractivity contribution in [3.63, 3.8) is 0 Å². The molecule has 4 rings (SSSR count). The SMILES string of the molecule is CCCC(CCOCCOCCOCCOc1ccc(B2OC(C)(C)C(C)(C)O2)cc1-c1ccc2c(N)cnnc2c1)C(N)=O. The number of ether oxygens (including phenoxy) is 4. The third-order valence-electron chi connectivity index (χ3n) is 8.39. The number of nitrogens with two attached hydrogens (primary N) is 2. The number of amides is 1. The highest BCUT2D eigenvalue weighted by Gasteiger charge is 2.51. The van der Waals surface area contributed by atoms with Crippen LogP contribution in [0.15, 0.2) is 42.6 Å². The van der Waals surface area contributed by atoms with Gasteiger partial charge in [-0.1, -0.05) is 31.5 Å². The first kappa shape index (κ1) is 34.6. The standard InChI is InChI=1S/C33H47BN4O7/c1-6-7-23(31(36)39)12-13-40-14-15-41-16-17-42-18-19-43-30-11-9-25(34-44-32(2,3)33(4,5)45-34)21-27(30)24-8-10-26-28(35)22-37-38-29(26)20-24/h8-11,20-23H,6-7,12-19H2,1-5H3,(H2,35,38)(H2,36,39). The van der Waals surface area contributed by atoms with Gasteiger partial charge in [0.15, 0.2) is 0 Å². The Bertz CT molecular complexity index is 1410. The molecule has 4 N–H and O–H groups in total. The minimum atomic E-state index is -0.513. The van der Waals surface area contributed by atoms with Gasteiger partial charge in [-0.2, -0.15) is 10.2 Å². The van der Waals surface area contributed by atoms with Crippen LogP contribution in [0.1, 0.15) is 53.9 Å². The third-order valence-corrected chi connectivity index (χ3v) is 8.39. The fourth-order valence-corrected chi connectivity index (χ4v) is 5.03. The van der Waals surface area contributed by atoms with Gasteiger partial charge in [-0.25, -0.2) is 0 Å². The summed E-state index contributed by atoms with van der Waals surface area (Å²) in [5.41, 5.74) is 14.6. The molecule has 1 fully saturated rings. The van der Waals surface area contributed by atoms with E-state index in [-0.39, 0.29) is 11.8 Å². The van der Waals surface area contributed by atoms with Crippen molar-refractivity contribution in [2.45, 2.75) is 65.1 Å². The minimum absolute atomic E-state index is 0.128. The maximum absolute atomic E-state index is 11.4. The Morgan fingerprint density at radius 1 is 0.889 bits per heavy atom. The zero-order chi connectivity index (χ0) is 32.5. The van der Waals surface area contributed by atoms with Gasteiger partial charge in [0.05, 0.1) is 61.6 Å². The number of anilines is 1. The fraction of sp³-hybridized carbons (Fsp3) is 0.545. The van der Waals surface area contributed by atoms with Crippen LogP contribution < -0.4 is 21.7 Å². The van der Waals surface area contributed by atoms with Gasteiger partial charge in [-0.05, 0) is 69.8 Å². The molecule has 0 radical (unpaired) electrons. The minimum Gasteiger partial charge on any atom is -0.491 e. The highest BCUT2D eigenvalue weighted by atomic mass is 16.7. The zero-order valence-corrected chi connectivity index (χ0v) is 27.2. The van der Waals surface area contributed by atoms with E-state index in [2.05, 4.69) is 10.2 Å². The Morgan fingerprint density at radius 2 is 1.53 bits per heavy atom. The summed E-state index contributed by atoms with van der Waals surface area (Å²) in [4.78, 5) is 11.4. The molecule has 1 amide bonds. The number of primary amides is 1. The number of hydrogen-bond donors (Lipinski definition) is 2. The second-order valence-electron chi connectivity index (χ2n) is 12.2. The van der Waals surface area contributed by atoms with Crippen LogP contribution in [-0.4, -0.2) is 80.7 Å². The number of nitrogen functional groups attached to an aromatic ring is 1. The molecule has 2 aromatic carbocycles. The Labute approximate surface area is 266 Å². The molecule has 0 saturated carbocycles. The summed E-state index contributed by atoms with van der Waals surface area (Å²) in [5, 5.41) is 9.12. The lowest BCUT2D eigenvalue weighted by molar-refractivity contribution is -0.122. The van der Waals surface area contributed by atoms with Gasteiger partial charge in [0, 0.05) is 23.5 Å². The molecule has 1 aliphatic heterocycles. The molecule has 1 atom stereocenters. The molecule has 1 aliphatic rings. The van der Waals surface area contributed by atoms with Crippen molar-refractivity contribution in [1.29, 1.82) is 0 Å². The molecule has 1 aromatic heterocycles. The van der Waals surface area contributed by atoms with Gasteiger partial charge in [0.2, 0.25) is 5.91 Å². The van der Waals surface area contributed by atoms with E-state index in [1.165, 1.54) is 0 Å². The highest BCUT2D eigenvalue weighted by molar-refractivity contribution is 6.62. The molecular weight excluding hydrogens is 575 g/mol. The number of rotatable bonds is 18. The van der Waals surface area contributed by atoms with Crippen molar-refractivity contribution >= 4 is 35.1 Å². The summed E-state index contributed by atoms with van der Waals surface area (Å²) < 4.78 is 35.7. The first-order valence-electron chi connectivity index (χ1n) is 15.7.